The van der Waals surface area contributed by atoms with E-state index in [2.05, 4.69) is 5.32 Å². The first kappa shape index (κ1) is 13.4. The van der Waals surface area contributed by atoms with E-state index in [-0.39, 0.29) is 5.69 Å². The highest BCUT2D eigenvalue weighted by atomic mass is 32.1. The molecule has 0 saturated carbocycles. The first-order valence-electron chi connectivity index (χ1n) is 5.52. The zero-order valence-corrected chi connectivity index (χ0v) is 11.3. The Bertz CT molecular complexity index is 625. The topological polar surface area (TPSA) is 64.3 Å². The highest BCUT2D eigenvalue weighted by molar-refractivity contribution is 7.16. The molecule has 6 heteroatoms. The van der Waals surface area contributed by atoms with Crippen molar-refractivity contribution in [1.29, 1.82) is 0 Å². The summed E-state index contributed by atoms with van der Waals surface area (Å²) in [6, 6.07) is 5.79. The number of methoxy groups -OCH3 is 1. The quantitative estimate of drug-likeness (QED) is 0.668. The van der Waals surface area contributed by atoms with Crippen molar-refractivity contribution in [3.05, 3.63) is 40.5 Å². The van der Waals surface area contributed by atoms with Crippen molar-refractivity contribution in [3.63, 3.8) is 0 Å². The summed E-state index contributed by atoms with van der Waals surface area (Å²) in [5.41, 5.74) is 6.99. The Morgan fingerprint density at radius 3 is 2.79 bits per heavy atom. The Kier molecular flexibility index (Phi) is 3.71. The van der Waals surface area contributed by atoms with Gasteiger partial charge in [-0.25, -0.2) is 9.18 Å². The maximum atomic E-state index is 13.0. The van der Waals surface area contributed by atoms with E-state index in [0.29, 0.717) is 16.3 Å². The van der Waals surface area contributed by atoms with E-state index in [1.165, 1.54) is 36.6 Å². The molecule has 3 N–H and O–H groups in total. The van der Waals surface area contributed by atoms with Crippen LogP contribution in [0.3, 0.4) is 0 Å². The lowest BCUT2D eigenvalue weighted by atomic mass is 10.2. The number of benzene rings is 1. The normalized spacial score (nSPS) is 10.3. The molecule has 0 aliphatic carbocycles. The molecule has 100 valence electrons. The lowest BCUT2D eigenvalue weighted by Crippen LogP contribution is -2.03. The van der Waals surface area contributed by atoms with E-state index in [4.69, 9.17) is 10.5 Å². The van der Waals surface area contributed by atoms with Crippen LogP contribution in [0.25, 0.3) is 0 Å². The lowest BCUT2D eigenvalue weighted by molar-refractivity contribution is 0.0602. The fraction of sp³-hybridized carbons (Fsp3) is 0.154. The number of nitrogens with two attached hydrogens (primary N) is 1. The summed E-state index contributed by atoms with van der Waals surface area (Å²) in [4.78, 5) is 12.6. The Morgan fingerprint density at radius 1 is 1.42 bits per heavy atom. The molecular weight excluding hydrogens is 267 g/mol. The van der Waals surface area contributed by atoms with Gasteiger partial charge in [0.05, 0.1) is 24.0 Å². The lowest BCUT2D eigenvalue weighted by Gasteiger charge is -2.09. The monoisotopic (exact) mass is 280 g/mol. The molecule has 0 amide bonds. The number of ether oxygens (including phenoxy) is 1. The first-order valence-corrected chi connectivity index (χ1v) is 6.33. The number of hydrogen-bond donors (Lipinski definition) is 2. The number of thiophene rings is 1. The third-order valence-electron chi connectivity index (χ3n) is 2.52. The molecular formula is C13H13FN2O2S. The molecule has 1 aromatic heterocycles. The number of carbonyl (C=O) groups is 1. The van der Waals surface area contributed by atoms with Crippen molar-refractivity contribution in [2.24, 2.45) is 0 Å². The molecule has 0 atom stereocenters. The number of carbonyl (C=O) groups excluding carboxylic acids is 1. The maximum absolute atomic E-state index is 13.0. The second-order valence-corrected chi connectivity index (χ2v) is 5.20. The van der Waals surface area contributed by atoms with Gasteiger partial charge in [-0.1, -0.05) is 0 Å². The zero-order valence-electron chi connectivity index (χ0n) is 10.5. The zero-order chi connectivity index (χ0) is 14.0. The SMILES string of the molecule is COC(=O)c1cc(C)sc1Nc1ccc(F)cc1N. The smallest absolute Gasteiger partial charge is 0.340 e. The molecule has 19 heavy (non-hydrogen) atoms. The molecule has 0 unspecified atom stereocenters. The van der Waals surface area contributed by atoms with Crippen molar-refractivity contribution >= 4 is 33.7 Å². The van der Waals surface area contributed by atoms with Gasteiger partial charge in [0.15, 0.2) is 0 Å². The molecule has 0 bridgehead atoms. The third-order valence-corrected chi connectivity index (χ3v) is 3.49. The van der Waals surface area contributed by atoms with Crippen LogP contribution in [0.4, 0.5) is 20.8 Å². The van der Waals surface area contributed by atoms with Gasteiger partial charge in [0.2, 0.25) is 0 Å². The fourth-order valence-corrected chi connectivity index (χ4v) is 2.55. The number of anilines is 3. The third kappa shape index (κ3) is 2.85. The van der Waals surface area contributed by atoms with E-state index in [1.807, 2.05) is 6.92 Å². The molecule has 0 spiro atoms. The van der Waals surface area contributed by atoms with Gasteiger partial charge >= 0.3 is 5.97 Å². The van der Waals surface area contributed by atoms with Gasteiger partial charge in [0, 0.05) is 4.88 Å². The van der Waals surface area contributed by atoms with Gasteiger partial charge in [0.1, 0.15) is 10.8 Å². The van der Waals surface area contributed by atoms with E-state index in [0.717, 1.165) is 4.88 Å². The number of nitrogen functional groups attached to an aromatic ring is 1. The number of rotatable bonds is 3. The number of esters is 1. The number of hydrogen-bond acceptors (Lipinski definition) is 5. The molecule has 0 radical (unpaired) electrons. The summed E-state index contributed by atoms with van der Waals surface area (Å²) in [6.07, 6.45) is 0. The van der Waals surface area contributed by atoms with Crippen molar-refractivity contribution in [2.75, 3.05) is 18.2 Å². The summed E-state index contributed by atoms with van der Waals surface area (Å²) >= 11 is 1.40. The average Bonchev–Trinajstić information content (AvgIpc) is 2.73. The maximum Gasteiger partial charge on any atom is 0.340 e. The number of nitrogens with one attached hydrogen (secondary N) is 1. The largest absolute Gasteiger partial charge is 0.465 e. The van der Waals surface area contributed by atoms with Gasteiger partial charge in [0.25, 0.3) is 0 Å². The van der Waals surface area contributed by atoms with Crippen molar-refractivity contribution in [1.82, 2.24) is 0 Å². The minimum atomic E-state index is -0.424. The minimum absolute atomic E-state index is 0.280. The Labute approximate surface area is 114 Å². The average molecular weight is 280 g/mol. The second kappa shape index (κ2) is 5.27. The van der Waals surface area contributed by atoms with Gasteiger partial charge < -0.3 is 15.8 Å². The molecule has 1 heterocycles. The van der Waals surface area contributed by atoms with Crippen LogP contribution in [0.15, 0.2) is 24.3 Å². The predicted octanol–water partition coefficient (Wildman–Crippen LogP) is 3.31. The van der Waals surface area contributed by atoms with Crippen LogP contribution in [0.1, 0.15) is 15.2 Å². The van der Waals surface area contributed by atoms with E-state index in [1.54, 1.807) is 6.07 Å². The van der Waals surface area contributed by atoms with Crippen LogP contribution < -0.4 is 11.1 Å². The van der Waals surface area contributed by atoms with Crippen molar-refractivity contribution in [2.45, 2.75) is 6.92 Å². The van der Waals surface area contributed by atoms with Gasteiger partial charge in [-0.3, -0.25) is 0 Å². The first-order chi connectivity index (χ1) is 9.01. The van der Waals surface area contributed by atoms with Crippen LogP contribution in [0.2, 0.25) is 0 Å². The van der Waals surface area contributed by atoms with Crippen LogP contribution in [-0.2, 0) is 4.74 Å². The Balaban J connectivity index is 2.35. The van der Waals surface area contributed by atoms with Crippen LogP contribution in [0, 0.1) is 12.7 Å². The van der Waals surface area contributed by atoms with Crippen LogP contribution in [-0.4, -0.2) is 13.1 Å². The molecule has 2 aromatic rings. The van der Waals surface area contributed by atoms with Gasteiger partial charge in [-0.05, 0) is 31.2 Å². The van der Waals surface area contributed by atoms with E-state index in [9.17, 15) is 9.18 Å². The van der Waals surface area contributed by atoms with Crippen molar-refractivity contribution in [3.8, 4) is 0 Å². The van der Waals surface area contributed by atoms with Gasteiger partial charge in [-0.15, -0.1) is 11.3 Å². The molecule has 1 aromatic carbocycles. The van der Waals surface area contributed by atoms with Crippen molar-refractivity contribution < 1.29 is 13.9 Å². The van der Waals surface area contributed by atoms with Gasteiger partial charge in [-0.2, -0.15) is 0 Å². The Morgan fingerprint density at radius 2 is 2.16 bits per heavy atom. The number of aryl methyl sites for hydroxylation is 1. The summed E-state index contributed by atoms with van der Waals surface area (Å²) in [6.45, 7) is 1.89. The Hall–Kier alpha value is -2.08. The second-order valence-electron chi connectivity index (χ2n) is 3.95. The van der Waals surface area contributed by atoms with E-state index >= 15 is 0 Å². The van der Waals surface area contributed by atoms with E-state index < -0.39 is 11.8 Å². The highest BCUT2D eigenvalue weighted by Gasteiger charge is 2.16. The molecule has 0 fully saturated rings. The summed E-state index contributed by atoms with van der Waals surface area (Å²) < 4.78 is 17.7. The summed E-state index contributed by atoms with van der Waals surface area (Å²) in [5.74, 6) is -0.828. The predicted molar refractivity (Wildman–Crippen MR) is 74.5 cm³/mol. The molecule has 0 saturated heterocycles. The standard InChI is InChI=1S/C13H13FN2O2S/c1-7-5-9(13(17)18-2)12(19-7)16-11-4-3-8(14)6-10(11)15/h3-6,16H,15H2,1-2H3. The summed E-state index contributed by atoms with van der Waals surface area (Å²) in [7, 11) is 1.32. The fourth-order valence-electron chi connectivity index (χ4n) is 1.64. The molecule has 0 aliphatic rings. The number of halogens is 1. The van der Waals surface area contributed by atoms with Crippen LogP contribution >= 0.6 is 11.3 Å². The molecule has 2 rings (SSSR count). The van der Waals surface area contributed by atoms with Crippen LogP contribution in [0.5, 0.6) is 0 Å². The highest BCUT2D eigenvalue weighted by Crippen LogP contribution is 2.33. The minimum Gasteiger partial charge on any atom is -0.465 e. The molecule has 4 nitrogen and oxygen atoms in total. The summed E-state index contributed by atoms with van der Waals surface area (Å²) in [5, 5.41) is 3.66. The molecule has 0 aliphatic heterocycles.